The van der Waals surface area contributed by atoms with Crippen LogP contribution in [0.1, 0.15) is 32.3 Å². The average Bonchev–Trinajstić information content (AvgIpc) is 2.39. The van der Waals surface area contributed by atoms with E-state index in [2.05, 4.69) is 35.9 Å². The minimum atomic E-state index is 0.668. The minimum Gasteiger partial charge on any atom is -0.330 e. The van der Waals surface area contributed by atoms with E-state index in [0.717, 1.165) is 26.2 Å². The van der Waals surface area contributed by atoms with Gasteiger partial charge in [0.05, 0.1) is 0 Å². The molecule has 1 heterocycles. The van der Waals surface area contributed by atoms with Crippen molar-refractivity contribution in [3.8, 4) is 0 Å². The van der Waals surface area contributed by atoms with Gasteiger partial charge in [-0.3, -0.25) is 9.88 Å². The Morgan fingerprint density at radius 2 is 2.00 bits per heavy atom. The second-order valence-electron chi connectivity index (χ2n) is 4.52. The van der Waals surface area contributed by atoms with Crippen LogP contribution in [-0.2, 0) is 6.54 Å². The monoisotopic (exact) mass is 235 g/mol. The number of pyridine rings is 1. The van der Waals surface area contributed by atoms with Gasteiger partial charge in [-0.05, 0) is 49.7 Å². The lowest BCUT2D eigenvalue weighted by Crippen LogP contribution is -2.27. The van der Waals surface area contributed by atoms with Gasteiger partial charge in [-0.25, -0.2) is 0 Å². The highest BCUT2D eigenvalue weighted by Crippen LogP contribution is 2.09. The Morgan fingerprint density at radius 1 is 1.29 bits per heavy atom. The van der Waals surface area contributed by atoms with Gasteiger partial charge in [0.15, 0.2) is 0 Å². The van der Waals surface area contributed by atoms with Gasteiger partial charge in [-0.15, -0.1) is 0 Å². The van der Waals surface area contributed by atoms with Gasteiger partial charge in [-0.1, -0.05) is 20.3 Å². The molecular formula is C14H25N3. The van der Waals surface area contributed by atoms with Gasteiger partial charge in [0, 0.05) is 18.9 Å². The number of aromatic nitrogens is 1. The summed E-state index contributed by atoms with van der Waals surface area (Å²) in [7, 11) is 0. The molecule has 3 heteroatoms. The van der Waals surface area contributed by atoms with Crippen LogP contribution in [0.25, 0.3) is 0 Å². The first kappa shape index (κ1) is 14.1. The van der Waals surface area contributed by atoms with E-state index in [-0.39, 0.29) is 0 Å². The molecule has 0 saturated carbocycles. The van der Waals surface area contributed by atoms with Crippen molar-refractivity contribution in [2.75, 3.05) is 19.6 Å². The number of rotatable bonds is 8. The smallest absolute Gasteiger partial charge is 0.0271 e. The molecule has 0 spiro atoms. The van der Waals surface area contributed by atoms with Crippen LogP contribution < -0.4 is 5.73 Å². The van der Waals surface area contributed by atoms with Gasteiger partial charge >= 0.3 is 0 Å². The molecule has 1 atom stereocenters. The van der Waals surface area contributed by atoms with Crippen LogP contribution in [0.15, 0.2) is 24.5 Å². The van der Waals surface area contributed by atoms with Crippen LogP contribution in [0.5, 0.6) is 0 Å². The second kappa shape index (κ2) is 8.20. The van der Waals surface area contributed by atoms with E-state index in [0.29, 0.717) is 5.92 Å². The molecule has 1 unspecified atom stereocenters. The number of hydrogen-bond acceptors (Lipinski definition) is 3. The van der Waals surface area contributed by atoms with Crippen molar-refractivity contribution < 1.29 is 0 Å². The maximum Gasteiger partial charge on any atom is 0.0271 e. The highest BCUT2D eigenvalue weighted by molar-refractivity contribution is 5.09. The first-order valence-electron chi connectivity index (χ1n) is 6.61. The zero-order valence-electron chi connectivity index (χ0n) is 11.1. The average molecular weight is 235 g/mol. The van der Waals surface area contributed by atoms with Crippen molar-refractivity contribution >= 4 is 0 Å². The lowest BCUT2D eigenvalue weighted by atomic mass is 10.0. The van der Waals surface area contributed by atoms with Crippen LogP contribution in [-0.4, -0.2) is 29.5 Å². The zero-order chi connectivity index (χ0) is 12.5. The van der Waals surface area contributed by atoms with Gasteiger partial charge in [-0.2, -0.15) is 0 Å². The third kappa shape index (κ3) is 5.29. The predicted octanol–water partition coefficient (Wildman–Crippen LogP) is 2.28. The third-order valence-electron chi connectivity index (χ3n) is 3.37. The highest BCUT2D eigenvalue weighted by Gasteiger charge is 2.08. The van der Waals surface area contributed by atoms with Crippen molar-refractivity contribution in [2.24, 2.45) is 11.7 Å². The van der Waals surface area contributed by atoms with E-state index >= 15 is 0 Å². The third-order valence-corrected chi connectivity index (χ3v) is 3.37. The van der Waals surface area contributed by atoms with E-state index < -0.39 is 0 Å². The molecule has 0 amide bonds. The summed E-state index contributed by atoms with van der Waals surface area (Å²) in [5.41, 5.74) is 7.07. The molecule has 1 aromatic rings. The van der Waals surface area contributed by atoms with E-state index in [1.807, 2.05) is 12.4 Å². The van der Waals surface area contributed by atoms with E-state index in [9.17, 15) is 0 Å². The Hall–Kier alpha value is -0.930. The Balaban J connectivity index is 2.38. The lowest BCUT2D eigenvalue weighted by molar-refractivity contribution is 0.254. The molecule has 96 valence electrons. The molecule has 17 heavy (non-hydrogen) atoms. The van der Waals surface area contributed by atoms with Gasteiger partial charge in [0.25, 0.3) is 0 Å². The van der Waals surface area contributed by atoms with Gasteiger partial charge in [0.2, 0.25) is 0 Å². The topological polar surface area (TPSA) is 42.1 Å². The van der Waals surface area contributed by atoms with Crippen LogP contribution in [0, 0.1) is 5.92 Å². The molecule has 0 bridgehead atoms. The van der Waals surface area contributed by atoms with Crippen LogP contribution >= 0.6 is 0 Å². The van der Waals surface area contributed by atoms with E-state index in [1.54, 1.807) is 0 Å². The minimum absolute atomic E-state index is 0.668. The quantitative estimate of drug-likeness (QED) is 0.751. The molecule has 0 aliphatic carbocycles. The Kier molecular flexibility index (Phi) is 6.82. The molecule has 0 aromatic carbocycles. The fourth-order valence-corrected chi connectivity index (χ4v) is 1.95. The Morgan fingerprint density at radius 3 is 2.53 bits per heavy atom. The summed E-state index contributed by atoms with van der Waals surface area (Å²) >= 11 is 0. The maximum atomic E-state index is 5.74. The molecular weight excluding hydrogens is 210 g/mol. The largest absolute Gasteiger partial charge is 0.330 e. The highest BCUT2D eigenvalue weighted by atomic mass is 15.1. The van der Waals surface area contributed by atoms with Crippen LogP contribution in [0.3, 0.4) is 0 Å². The predicted molar refractivity (Wildman–Crippen MR) is 72.6 cm³/mol. The SMILES string of the molecule is CCC(CN)CCN(CC)Cc1ccncc1. The summed E-state index contributed by atoms with van der Waals surface area (Å²) in [5.74, 6) is 0.668. The molecule has 0 saturated heterocycles. The molecule has 3 nitrogen and oxygen atoms in total. The Labute approximate surface area is 105 Å². The molecule has 2 N–H and O–H groups in total. The molecule has 0 radical (unpaired) electrons. The summed E-state index contributed by atoms with van der Waals surface area (Å²) in [6, 6.07) is 4.17. The van der Waals surface area contributed by atoms with Gasteiger partial charge < -0.3 is 5.73 Å². The first-order chi connectivity index (χ1) is 8.30. The fourth-order valence-electron chi connectivity index (χ4n) is 1.95. The standard InChI is InChI=1S/C14H25N3/c1-3-13(11-15)7-10-17(4-2)12-14-5-8-16-9-6-14/h5-6,8-9,13H,3-4,7,10-12,15H2,1-2H3. The van der Waals surface area contributed by atoms with Crippen molar-refractivity contribution in [1.82, 2.24) is 9.88 Å². The number of nitrogens with two attached hydrogens (primary N) is 1. The van der Waals surface area contributed by atoms with Gasteiger partial charge in [0.1, 0.15) is 0 Å². The molecule has 0 aliphatic rings. The van der Waals surface area contributed by atoms with Crippen molar-refractivity contribution in [1.29, 1.82) is 0 Å². The van der Waals surface area contributed by atoms with Crippen molar-refractivity contribution in [3.05, 3.63) is 30.1 Å². The lowest BCUT2D eigenvalue weighted by Gasteiger charge is -2.22. The summed E-state index contributed by atoms with van der Waals surface area (Å²) in [6.45, 7) is 8.47. The first-order valence-corrected chi connectivity index (χ1v) is 6.61. The fraction of sp³-hybridized carbons (Fsp3) is 0.643. The normalized spacial score (nSPS) is 12.9. The van der Waals surface area contributed by atoms with E-state index in [1.165, 1.54) is 18.4 Å². The summed E-state index contributed by atoms with van der Waals surface area (Å²) in [5, 5.41) is 0. The van der Waals surface area contributed by atoms with Crippen molar-refractivity contribution in [3.63, 3.8) is 0 Å². The van der Waals surface area contributed by atoms with Crippen LogP contribution in [0.2, 0.25) is 0 Å². The molecule has 0 fully saturated rings. The molecule has 1 aromatic heterocycles. The molecule has 1 rings (SSSR count). The summed E-state index contributed by atoms with van der Waals surface area (Å²) < 4.78 is 0. The maximum absolute atomic E-state index is 5.74. The zero-order valence-corrected chi connectivity index (χ0v) is 11.1. The number of nitrogens with zero attached hydrogens (tertiary/aromatic N) is 2. The molecule has 0 aliphatic heterocycles. The van der Waals surface area contributed by atoms with E-state index in [4.69, 9.17) is 5.73 Å². The summed E-state index contributed by atoms with van der Waals surface area (Å²) in [4.78, 5) is 6.51. The summed E-state index contributed by atoms with van der Waals surface area (Å²) in [6.07, 6.45) is 6.10. The van der Waals surface area contributed by atoms with Crippen molar-refractivity contribution in [2.45, 2.75) is 33.2 Å². The number of hydrogen-bond donors (Lipinski definition) is 1. The Bertz CT molecular complexity index is 283. The second-order valence-corrected chi connectivity index (χ2v) is 4.52. The van der Waals surface area contributed by atoms with Crippen LogP contribution in [0.4, 0.5) is 0 Å².